The fourth-order valence-electron chi connectivity index (χ4n) is 4.21. The second-order valence-electron chi connectivity index (χ2n) is 7.04. The molecular formula is C22H19N3S. The Labute approximate surface area is 157 Å². The van der Waals surface area contributed by atoms with Gasteiger partial charge in [-0.1, -0.05) is 12.1 Å². The molecule has 1 aromatic heterocycles. The van der Waals surface area contributed by atoms with Gasteiger partial charge in [0.2, 0.25) is 0 Å². The summed E-state index contributed by atoms with van der Waals surface area (Å²) >= 11 is 1.59. The zero-order valence-electron chi connectivity index (χ0n) is 14.5. The van der Waals surface area contributed by atoms with Crippen molar-refractivity contribution in [3.63, 3.8) is 0 Å². The fraction of sp³-hybridized carbons (Fsp3) is 0.273. The summed E-state index contributed by atoms with van der Waals surface area (Å²) in [7, 11) is 0. The van der Waals surface area contributed by atoms with E-state index in [-0.39, 0.29) is 0 Å². The Morgan fingerprint density at radius 1 is 1.12 bits per heavy atom. The minimum absolute atomic E-state index is 0.654. The van der Waals surface area contributed by atoms with E-state index in [9.17, 15) is 5.26 Å². The summed E-state index contributed by atoms with van der Waals surface area (Å²) in [5.74, 6) is 0. The lowest BCUT2D eigenvalue weighted by Crippen LogP contribution is -2.34. The van der Waals surface area contributed by atoms with Gasteiger partial charge in [0.15, 0.2) is 0 Å². The number of thiazole rings is 1. The Morgan fingerprint density at radius 2 is 1.85 bits per heavy atom. The molecule has 3 heterocycles. The Hall–Kier alpha value is -2.64. The van der Waals surface area contributed by atoms with Gasteiger partial charge in [0.1, 0.15) is 11.1 Å². The van der Waals surface area contributed by atoms with Gasteiger partial charge in [0, 0.05) is 18.8 Å². The van der Waals surface area contributed by atoms with Crippen LogP contribution in [-0.2, 0) is 12.8 Å². The highest BCUT2D eigenvalue weighted by Gasteiger charge is 2.24. The molecule has 0 atom stereocenters. The first kappa shape index (κ1) is 15.6. The number of hydrogen-bond acceptors (Lipinski definition) is 4. The van der Waals surface area contributed by atoms with Crippen molar-refractivity contribution in [1.82, 2.24) is 4.98 Å². The molecule has 0 radical (unpaired) electrons. The van der Waals surface area contributed by atoms with Gasteiger partial charge in [-0.25, -0.2) is 4.98 Å². The fourth-order valence-corrected chi connectivity index (χ4v) is 5.14. The molecule has 3 nitrogen and oxygen atoms in total. The first-order valence-corrected chi connectivity index (χ1v) is 10.0. The molecule has 0 saturated carbocycles. The number of rotatable bonds is 2. The van der Waals surface area contributed by atoms with Crippen molar-refractivity contribution in [1.29, 1.82) is 5.26 Å². The van der Waals surface area contributed by atoms with E-state index in [1.165, 1.54) is 42.7 Å². The van der Waals surface area contributed by atoms with Crippen molar-refractivity contribution < 1.29 is 0 Å². The predicted molar refractivity (Wildman–Crippen MR) is 108 cm³/mol. The first-order valence-electron chi connectivity index (χ1n) is 9.20. The molecule has 0 bridgehead atoms. The van der Waals surface area contributed by atoms with Gasteiger partial charge in [-0.05, 0) is 72.7 Å². The van der Waals surface area contributed by atoms with E-state index in [1.807, 2.05) is 24.3 Å². The lowest BCUT2D eigenvalue weighted by Gasteiger charge is -2.37. The summed E-state index contributed by atoms with van der Waals surface area (Å²) in [5, 5.41) is 10.5. The minimum Gasteiger partial charge on any atom is -0.371 e. The number of fused-ring (bicyclic) bond motifs is 1. The van der Waals surface area contributed by atoms with Crippen molar-refractivity contribution in [3.05, 3.63) is 58.1 Å². The third-order valence-corrected chi connectivity index (χ3v) is 6.38. The van der Waals surface area contributed by atoms with Crippen LogP contribution in [0, 0.1) is 11.3 Å². The summed E-state index contributed by atoms with van der Waals surface area (Å²) in [6, 6.07) is 15.0. The van der Waals surface area contributed by atoms with E-state index < -0.39 is 0 Å². The molecule has 3 aromatic rings. The van der Waals surface area contributed by atoms with Crippen LogP contribution in [0.25, 0.3) is 21.9 Å². The van der Waals surface area contributed by atoms with Gasteiger partial charge >= 0.3 is 0 Å². The highest BCUT2D eigenvalue weighted by atomic mass is 32.1. The summed E-state index contributed by atoms with van der Waals surface area (Å²) in [6.45, 7) is 2.37. The van der Waals surface area contributed by atoms with Crippen LogP contribution >= 0.6 is 11.3 Å². The smallest absolute Gasteiger partial charge is 0.135 e. The Kier molecular flexibility index (Phi) is 3.76. The van der Waals surface area contributed by atoms with Crippen molar-refractivity contribution in [3.8, 4) is 6.07 Å². The van der Waals surface area contributed by atoms with Gasteiger partial charge in [0.25, 0.3) is 0 Å². The zero-order valence-corrected chi connectivity index (χ0v) is 15.4. The van der Waals surface area contributed by atoms with E-state index in [2.05, 4.69) is 34.2 Å². The standard InChI is InChI=1S/C22H19N3S/c23-14-18(22-24-19-7-1-2-8-20(19)26-22)13-15-11-16-5-3-9-25-10-4-6-17(12-15)21(16)25/h1-2,7-8,11-13H,3-6,9-10H2/b18-13-. The van der Waals surface area contributed by atoms with Crippen LogP contribution in [0.3, 0.4) is 0 Å². The minimum atomic E-state index is 0.654. The second-order valence-corrected chi connectivity index (χ2v) is 8.07. The Bertz CT molecular complexity index is 1010. The number of aryl methyl sites for hydroxylation is 2. The first-order chi connectivity index (χ1) is 12.8. The number of hydrogen-bond donors (Lipinski definition) is 0. The molecule has 4 heteroatoms. The van der Waals surface area contributed by atoms with Crippen LogP contribution in [-0.4, -0.2) is 18.1 Å². The topological polar surface area (TPSA) is 39.9 Å². The molecule has 2 aliphatic rings. The molecule has 5 rings (SSSR count). The average molecular weight is 357 g/mol. The van der Waals surface area contributed by atoms with Crippen molar-refractivity contribution in [2.45, 2.75) is 25.7 Å². The molecule has 26 heavy (non-hydrogen) atoms. The third kappa shape index (κ3) is 2.60. The zero-order chi connectivity index (χ0) is 17.5. The molecule has 0 fully saturated rings. The maximum Gasteiger partial charge on any atom is 0.135 e. The second kappa shape index (κ2) is 6.26. The van der Waals surface area contributed by atoms with Crippen LogP contribution in [0.15, 0.2) is 36.4 Å². The van der Waals surface area contributed by atoms with Crippen LogP contribution in [0.4, 0.5) is 5.69 Å². The molecule has 2 aromatic carbocycles. The number of allylic oxidation sites excluding steroid dienone is 1. The molecule has 0 aliphatic carbocycles. The van der Waals surface area contributed by atoms with E-state index in [0.29, 0.717) is 5.57 Å². The molecule has 0 amide bonds. The van der Waals surface area contributed by atoms with Gasteiger partial charge in [0.05, 0.1) is 15.8 Å². The summed E-state index contributed by atoms with van der Waals surface area (Å²) in [5.41, 5.74) is 7.12. The van der Waals surface area contributed by atoms with Gasteiger partial charge in [-0.3, -0.25) is 0 Å². The number of aromatic nitrogens is 1. The van der Waals surface area contributed by atoms with Crippen LogP contribution in [0.5, 0.6) is 0 Å². The SMILES string of the molecule is N#C/C(=C/c1cc2c3c(c1)CCCN3CCC2)c1nc2ccccc2s1. The lowest BCUT2D eigenvalue weighted by atomic mass is 9.90. The molecule has 2 aliphatic heterocycles. The maximum atomic E-state index is 9.72. The molecule has 0 N–H and O–H groups in total. The number of nitrogens with zero attached hydrogens (tertiary/aromatic N) is 3. The van der Waals surface area contributed by atoms with E-state index in [4.69, 9.17) is 0 Å². The molecule has 0 saturated heterocycles. The number of para-hydroxylation sites is 1. The molecule has 0 unspecified atom stereocenters. The Morgan fingerprint density at radius 3 is 2.54 bits per heavy atom. The van der Waals surface area contributed by atoms with Crippen LogP contribution < -0.4 is 4.90 Å². The Balaban J connectivity index is 1.59. The van der Waals surface area contributed by atoms with Crippen LogP contribution in [0.1, 0.15) is 34.5 Å². The largest absolute Gasteiger partial charge is 0.371 e. The predicted octanol–water partition coefficient (Wildman–Crippen LogP) is 5.06. The molecular weight excluding hydrogens is 338 g/mol. The highest BCUT2D eigenvalue weighted by molar-refractivity contribution is 7.19. The number of benzene rings is 2. The quantitative estimate of drug-likeness (QED) is 0.602. The summed E-state index contributed by atoms with van der Waals surface area (Å²) in [6.07, 6.45) is 6.75. The average Bonchev–Trinajstić information content (AvgIpc) is 3.10. The lowest BCUT2D eigenvalue weighted by molar-refractivity contribution is 0.634. The summed E-state index contributed by atoms with van der Waals surface area (Å²) in [4.78, 5) is 7.20. The van der Waals surface area contributed by atoms with Gasteiger partial charge < -0.3 is 4.90 Å². The van der Waals surface area contributed by atoms with Crippen molar-refractivity contribution in [2.24, 2.45) is 0 Å². The van der Waals surface area contributed by atoms with E-state index >= 15 is 0 Å². The van der Waals surface area contributed by atoms with Crippen molar-refractivity contribution >= 4 is 38.9 Å². The van der Waals surface area contributed by atoms with E-state index in [0.717, 1.165) is 33.6 Å². The van der Waals surface area contributed by atoms with Gasteiger partial charge in [-0.15, -0.1) is 11.3 Å². The van der Waals surface area contributed by atoms with Gasteiger partial charge in [-0.2, -0.15) is 5.26 Å². The third-order valence-electron chi connectivity index (χ3n) is 5.31. The van der Waals surface area contributed by atoms with Crippen LogP contribution in [0.2, 0.25) is 0 Å². The number of nitriles is 1. The molecule has 128 valence electrons. The normalized spacial score (nSPS) is 16.4. The van der Waals surface area contributed by atoms with Crippen molar-refractivity contribution in [2.75, 3.05) is 18.0 Å². The maximum absolute atomic E-state index is 9.72. The highest BCUT2D eigenvalue weighted by Crippen LogP contribution is 2.37. The molecule has 0 spiro atoms. The summed E-state index contributed by atoms with van der Waals surface area (Å²) < 4.78 is 1.12. The van der Waals surface area contributed by atoms with E-state index in [1.54, 1.807) is 11.3 Å². The monoisotopic (exact) mass is 357 g/mol. The number of anilines is 1.